The number of hydrogen-bond acceptors (Lipinski definition) is 7. The number of hydrogen-bond donors (Lipinski definition) is 1. The third kappa shape index (κ3) is 4.12. The van der Waals surface area contributed by atoms with Crippen molar-refractivity contribution in [3.05, 3.63) is 97.3 Å². The summed E-state index contributed by atoms with van der Waals surface area (Å²) in [6.45, 7) is -0.217. The average molecular weight is 552 g/mol. The Hall–Kier alpha value is -3.54. The van der Waals surface area contributed by atoms with Crippen LogP contribution < -0.4 is 15.1 Å². The second-order valence-corrected chi connectivity index (χ2v) is 11.7. The molecule has 2 aromatic carbocycles. The molecule has 0 bridgehead atoms. The molecular formula is C26H18FN3O4S3. The van der Waals surface area contributed by atoms with Crippen molar-refractivity contribution in [2.24, 2.45) is 5.92 Å². The van der Waals surface area contributed by atoms with Gasteiger partial charge >= 0.3 is 4.87 Å². The summed E-state index contributed by atoms with van der Waals surface area (Å²) in [5.74, 6) is -2.86. The second kappa shape index (κ2) is 9.40. The number of nitrogens with one attached hydrogen (secondary N) is 1. The quantitative estimate of drug-likeness (QED) is 0.368. The van der Waals surface area contributed by atoms with Crippen LogP contribution in [0.4, 0.5) is 15.8 Å². The molecule has 2 aliphatic heterocycles. The molecule has 3 unspecified atom stereocenters. The SMILES string of the molecule is O=C(Cn1c2c(sc1=O)C(c1cccs1)C1C(=O)N(c3ccc(F)cc3)C(=O)C1S2)Nc1ccccc1. The number of anilines is 2. The van der Waals surface area contributed by atoms with Crippen LogP contribution in [0, 0.1) is 11.7 Å². The fraction of sp³-hybridized carbons (Fsp3) is 0.154. The fourth-order valence-electron chi connectivity index (χ4n) is 4.74. The first-order valence-electron chi connectivity index (χ1n) is 11.3. The van der Waals surface area contributed by atoms with Crippen molar-refractivity contribution in [3.8, 4) is 0 Å². The number of para-hydroxylation sites is 1. The normalized spacial score (nSPS) is 20.6. The third-order valence-corrected chi connectivity index (χ3v) is 9.90. The first-order valence-corrected chi connectivity index (χ1v) is 13.9. The molecule has 2 aliphatic rings. The molecule has 1 fully saturated rings. The van der Waals surface area contributed by atoms with Gasteiger partial charge in [-0.15, -0.1) is 11.3 Å². The van der Waals surface area contributed by atoms with Gasteiger partial charge in [0, 0.05) is 21.4 Å². The van der Waals surface area contributed by atoms with Crippen LogP contribution in [0.2, 0.25) is 0 Å². The maximum Gasteiger partial charge on any atom is 0.308 e. The minimum Gasteiger partial charge on any atom is -0.325 e. The van der Waals surface area contributed by atoms with E-state index in [4.69, 9.17) is 0 Å². The van der Waals surface area contributed by atoms with Gasteiger partial charge in [-0.3, -0.25) is 23.7 Å². The van der Waals surface area contributed by atoms with Crippen LogP contribution in [0.1, 0.15) is 15.7 Å². The number of amides is 3. The van der Waals surface area contributed by atoms with Crippen LogP contribution in [-0.4, -0.2) is 27.5 Å². The number of carbonyl (C=O) groups excluding carboxylic acids is 3. The van der Waals surface area contributed by atoms with Gasteiger partial charge in [-0.25, -0.2) is 9.29 Å². The van der Waals surface area contributed by atoms with E-state index in [-0.39, 0.29) is 23.2 Å². The Balaban J connectivity index is 1.39. The minimum absolute atomic E-state index is 0.217. The van der Waals surface area contributed by atoms with E-state index in [1.807, 2.05) is 23.6 Å². The molecule has 11 heteroatoms. The van der Waals surface area contributed by atoms with Gasteiger partial charge in [0.25, 0.3) is 0 Å². The van der Waals surface area contributed by atoms with Gasteiger partial charge in [-0.1, -0.05) is 47.4 Å². The standard InChI is InChI=1S/C26H18FN3O4S3/c27-14-8-10-16(11-9-14)30-23(32)20-19(17-7-4-12-35-17)22-25(36-21(20)24(30)33)29(26(34)37-22)13-18(31)28-15-5-2-1-3-6-15/h1-12,19-21H,13H2,(H,28,31). The maximum atomic E-state index is 13.7. The van der Waals surface area contributed by atoms with E-state index in [1.54, 1.807) is 24.3 Å². The Kier molecular flexibility index (Phi) is 6.06. The minimum atomic E-state index is -0.783. The lowest BCUT2D eigenvalue weighted by atomic mass is 9.87. The van der Waals surface area contributed by atoms with Gasteiger partial charge in [0.2, 0.25) is 17.7 Å². The molecule has 0 spiro atoms. The Labute approximate surface area is 222 Å². The lowest BCUT2D eigenvalue weighted by Crippen LogP contribution is -2.32. The van der Waals surface area contributed by atoms with Crippen LogP contribution >= 0.6 is 34.4 Å². The highest BCUT2D eigenvalue weighted by molar-refractivity contribution is 8.00. The van der Waals surface area contributed by atoms with Gasteiger partial charge in [-0.2, -0.15) is 0 Å². The molecule has 4 heterocycles. The van der Waals surface area contributed by atoms with Crippen molar-refractivity contribution in [1.82, 2.24) is 4.57 Å². The van der Waals surface area contributed by atoms with Crippen LogP contribution in [0.3, 0.4) is 0 Å². The Bertz CT molecular complexity index is 1560. The van der Waals surface area contributed by atoms with Gasteiger partial charge < -0.3 is 5.32 Å². The number of aromatic nitrogens is 1. The van der Waals surface area contributed by atoms with Crippen LogP contribution in [0.5, 0.6) is 0 Å². The summed E-state index contributed by atoms with van der Waals surface area (Å²) in [5, 5.41) is 4.42. The largest absolute Gasteiger partial charge is 0.325 e. The summed E-state index contributed by atoms with van der Waals surface area (Å²) in [7, 11) is 0. The van der Waals surface area contributed by atoms with Gasteiger partial charge in [-0.05, 0) is 47.8 Å². The van der Waals surface area contributed by atoms with Crippen LogP contribution in [-0.2, 0) is 20.9 Å². The van der Waals surface area contributed by atoms with E-state index in [2.05, 4.69) is 5.32 Å². The van der Waals surface area contributed by atoms with Crippen LogP contribution in [0.25, 0.3) is 0 Å². The Morgan fingerprint density at radius 3 is 2.41 bits per heavy atom. The molecule has 7 nitrogen and oxygen atoms in total. The van der Waals surface area contributed by atoms with E-state index in [0.29, 0.717) is 21.3 Å². The van der Waals surface area contributed by atoms with E-state index < -0.39 is 28.8 Å². The lowest BCUT2D eigenvalue weighted by Gasteiger charge is -2.29. The van der Waals surface area contributed by atoms with E-state index in [0.717, 1.165) is 32.9 Å². The number of thiazole rings is 1. The third-order valence-electron chi connectivity index (χ3n) is 6.34. The zero-order chi connectivity index (χ0) is 25.7. The second-order valence-electron chi connectivity index (χ2n) is 8.58. The van der Waals surface area contributed by atoms with Crippen molar-refractivity contribution in [2.75, 3.05) is 10.2 Å². The zero-order valence-corrected chi connectivity index (χ0v) is 21.4. The number of imide groups is 1. The number of fused-ring (bicyclic) bond motifs is 2. The fourth-order valence-corrected chi connectivity index (χ4v) is 8.46. The molecule has 0 aliphatic carbocycles. The highest BCUT2D eigenvalue weighted by Gasteiger charge is 2.57. The average Bonchev–Trinajstić information content (AvgIpc) is 3.58. The summed E-state index contributed by atoms with van der Waals surface area (Å²) in [6.07, 6.45) is 0. The van der Waals surface area contributed by atoms with Gasteiger partial charge in [0.1, 0.15) is 17.6 Å². The molecule has 2 aromatic heterocycles. The predicted octanol–water partition coefficient (Wildman–Crippen LogP) is 4.54. The maximum absolute atomic E-state index is 13.7. The van der Waals surface area contributed by atoms with Gasteiger partial charge in [0.05, 0.1) is 16.6 Å². The molecule has 0 radical (unpaired) electrons. The molecule has 0 saturated carbocycles. The monoisotopic (exact) mass is 551 g/mol. The van der Waals surface area contributed by atoms with Gasteiger partial charge in [0.15, 0.2) is 0 Å². The summed E-state index contributed by atoms with van der Waals surface area (Å²) < 4.78 is 14.9. The number of nitrogens with zero attached hydrogens (tertiary/aromatic N) is 2. The smallest absolute Gasteiger partial charge is 0.308 e. The number of thioether (sulfide) groups is 1. The Morgan fingerprint density at radius 2 is 1.70 bits per heavy atom. The van der Waals surface area contributed by atoms with Crippen molar-refractivity contribution in [3.63, 3.8) is 0 Å². The van der Waals surface area contributed by atoms with E-state index in [1.165, 1.54) is 40.2 Å². The number of thiophene rings is 1. The van der Waals surface area contributed by atoms with E-state index >= 15 is 0 Å². The molecule has 37 heavy (non-hydrogen) atoms. The number of benzene rings is 2. The highest BCUT2D eigenvalue weighted by Crippen LogP contribution is 2.54. The summed E-state index contributed by atoms with van der Waals surface area (Å²) >= 11 is 3.60. The van der Waals surface area contributed by atoms with Crippen molar-refractivity contribution < 1.29 is 18.8 Å². The molecule has 4 aromatic rings. The number of halogens is 1. The molecule has 6 rings (SSSR count). The highest BCUT2D eigenvalue weighted by atomic mass is 32.2. The molecule has 3 atom stereocenters. The predicted molar refractivity (Wildman–Crippen MR) is 142 cm³/mol. The van der Waals surface area contributed by atoms with E-state index in [9.17, 15) is 23.6 Å². The van der Waals surface area contributed by atoms with Crippen molar-refractivity contribution in [2.45, 2.75) is 22.7 Å². The van der Waals surface area contributed by atoms with Crippen molar-refractivity contribution >= 4 is 63.5 Å². The molecule has 1 saturated heterocycles. The summed E-state index contributed by atoms with van der Waals surface area (Å²) in [5.41, 5.74) is 0.916. The number of carbonyl (C=O) groups is 3. The molecule has 3 amide bonds. The zero-order valence-electron chi connectivity index (χ0n) is 19.0. The Morgan fingerprint density at radius 1 is 0.946 bits per heavy atom. The first kappa shape index (κ1) is 23.8. The molecule has 1 N–H and O–H groups in total. The summed E-state index contributed by atoms with van der Waals surface area (Å²) in [4.78, 5) is 55.5. The van der Waals surface area contributed by atoms with Crippen LogP contribution in [0.15, 0.2) is 81.9 Å². The van der Waals surface area contributed by atoms with Crippen molar-refractivity contribution in [1.29, 1.82) is 0 Å². The molecule has 186 valence electrons. The topological polar surface area (TPSA) is 88.5 Å². The lowest BCUT2D eigenvalue weighted by molar-refractivity contribution is -0.122. The first-order chi connectivity index (χ1) is 17.9. The summed E-state index contributed by atoms with van der Waals surface area (Å²) in [6, 6.07) is 17.9. The molecular weight excluding hydrogens is 534 g/mol. The number of rotatable bonds is 5.